The first-order chi connectivity index (χ1) is 8.63. The lowest BCUT2D eigenvalue weighted by Crippen LogP contribution is -2.31. The molecule has 1 atom stereocenters. The standard InChI is InChI=1S/C13H22N2O3/c1-10(2)18-9-12(16)8-14-7-11-5-4-6-15-13(11)17-3/h4-6,10,12,14,16H,7-9H2,1-3H3. The summed E-state index contributed by atoms with van der Waals surface area (Å²) in [5.74, 6) is 0.609. The Morgan fingerprint density at radius 2 is 2.22 bits per heavy atom. The highest BCUT2D eigenvalue weighted by Gasteiger charge is 2.07. The van der Waals surface area contributed by atoms with Crippen molar-refractivity contribution in [3.8, 4) is 5.88 Å². The fourth-order valence-corrected chi connectivity index (χ4v) is 1.48. The van der Waals surface area contributed by atoms with Gasteiger partial charge in [-0.15, -0.1) is 0 Å². The summed E-state index contributed by atoms with van der Waals surface area (Å²) < 4.78 is 10.5. The van der Waals surface area contributed by atoms with E-state index in [1.807, 2.05) is 26.0 Å². The summed E-state index contributed by atoms with van der Waals surface area (Å²) in [5, 5.41) is 12.8. The summed E-state index contributed by atoms with van der Waals surface area (Å²) in [6.45, 7) is 5.32. The molecule has 0 fully saturated rings. The molecule has 0 aromatic carbocycles. The lowest BCUT2D eigenvalue weighted by Gasteiger charge is -2.14. The number of pyridine rings is 1. The minimum atomic E-state index is -0.505. The molecule has 0 spiro atoms. The molecular weight excluding hydrogens is 232 g/mol. The summed E-state index contributed by atoms with van der Waals surface area (Å²) in [7, 11) is 1.59. The van der Waals surface area contributed by atoms with Crippen molar-refractivity contribution in [2.75, 3.05) is 20.3 Å². The van der Waals surface area contributed by atoms with Gasteiger partial charge in [0.2, 0.25) is 5.88 Å². The zero-order valence-electron chi connectivity index (χ0n) is 11.2. The molecule has 1 rings (SSSR count). The molecule has 5 heteroatoms. The molecule has 2 N–H and O–H groups in total. The minimum Gasteiger partial charge on any atom is -0.481 e. The maximum Gasteiger partial charge on any atom is 0.217 e. The van der Waals surface area contributed by atoms with E-state index in [0.717, 1.165) is 5.56 Å². The Hall–Kier alpha value is -1.17. The second-order valence-electron chi connectivity index (χ2n) is 4.34. The lowest BCUT2D eigenvalue weighted by atomic mass is 10.2. The van der Waals surface area contributed by atoms with Gasteiger partial charge < -0.3 is 19.9 Å². The predicted molar refractivity (Wildman–Crippen MR) is 69.6 cm³/mol. The molecule has 18 heavy (non-hydrogen) atoms. The van der Waals surface area contributed by atoms with Crippen LogP contribution in [0.1, 0.15) is 19.4 Å². The van der Waals surface area contributed by atoms with E-state index in [2.05, 4.69) is 10.3 Å². The van der Waals surface area contributed by atoms with Gasteiger partial charge in [0, 0.05) is 24.8 Å². The van der Waals surface area contributed by atoms with Gasteiger partial charge in [-0.1, -0.05) is 6.07 Å². The summed E-state index contributed by atoms with van der Waals surface area (Å²) in [6.07, 6.45) is 1.32. The number of hydrogen-bond acceptors (Lipinski definition) is 5. The number of rotatable bonds is 8. The molecule has 0 amide bonds. The molecule has 1 aromatic heterocycles. The van der Waals surface area contributed by atoms with Crippen molar-refractivity contribution in [1.29, 1.82) is 0 Å². The highest BCUT2D eigenvalue weighted by atomic mass is 16.5. The topological polar surface area (TPSA) is 63.6 Å². The zero-order chi connectivity index (χ0) is 13.4. The van der Waals surface area contributed by atoms with Crippen molar-refractivity contribution in [3.05, 3.63) is 23.9 Å². The normalized spacial score (nSPS) is 12.7. The molecule has 102 valence electrons. The molecule has 0 aliphatic heterocycles. The number of nitrogens with zero attached hydrogens (tertiary/aromatic N) is 1. The molecule has 1 unspecified atom stereocenters. The van der Waals surface area contributed by atoms with E-state index in [1.54, 1.807) is 13.3 Å². The number of aliphatic hydroxyl groups is 1. The van der Waals surface area contributed by atoms with E-state index in [4.69, 9.17) is 9.47 Å². The van der Waals surface area contributed by atoms with Crippen LogP contribution >= 0.6 is 0 Å². The Morgan fingerprint density at radius 1 is 1.44 bits per heavy atom. The predicted octanol–water partition coefficient (Wildman–Crippen LogP) is 0.966. The minimum absolute atomic E-state index is 0.137. The number of hydrogen-bond donors (Lipinski definition) is 2. The smallest absolute Gasteiger partial charge is 0.217 e. The van der Waals surface area contributed by atoms with Crippen LogP contribution in [0, 0.1) is 0 Å². The van der Waals surface area contributed by atoms with E-state index in [1.165, 1.54) is 0 Å². The largest absolute Gasteiger partial charge is 0.481 e. The van der Waals surface area contributed by atoms with Crippen molar-refractivity contribution in [3.63, 3.8) is 0 Å². The van der Waals surface area contributed by atoms with Crippen LogP contribution in [0.15, 0.2) is 18.3 Å². The van der Waals surface area contributed by atoms with E-state index < -0.39 is 6.10 Å². The number of ether oxygens (including phenoxy) is 2. The van der Waals surface area contributed by atoms with Crippen LogP contribution in [0.5, 0.6) is 5.88 Å². The molecule has 0 aliphatic rings. The van der Waals surface area contributed by atoms with Crippen LogP contribution in [-0.2, 0) is 11.3 Å². The van der Waals surface area contributed by atoms with E-state index >= 15 is 0 Å². The van der Waals surface area contributed by atoms with Gasteiger partial charge in [0.15, 0.2) is 0 Å². The van der Waals surface area contributed by atoms with Crippen LogP contribution < -0.4 is 10.1 Å². The Balaban J connectivity index is 2.28. The number of aliphatic hydroxyl groups excluding tert-OH is 1. The molecule has 0 bridgehead atoms. The molecule has 0 radical (unpaired) electrons. The third kappa shape index (κ3) is 5.44. The van der Waals surface area contributed by atoms with Gasteiger partial charge in [-0.3, -0.25) is 0 Å². The second kappa shape index (κ2) is 8.02. The second-order valence-corrected chi connectivity index (χ2v) is 4.34. The maximum absolute atomic E-state index is 9.67. The van der Waals surface area contributed by atoms with E-state index in [-0.39, 0.29) is 6.10 Å². The Labute approximate surface area is 108 Å². The highest BCUT2D eigenvalue weighted by molar-refractivity contribution is 5.24. The van der Waals surface area contributed by atoms with Crippen molar-refractivity contribution in [2.45, 2.75) is 32.6 Å². The third-order valence-electron chi connectivity index (χ3n) is 2.36. The van der Waals surface area contributed by atoms with Crippen molar-refractivity contribution < 1.29 is 14.6 Å². The monoisotopic (exact) mass is 254 g/mol. The van der Waals surface area contributed by atoms with Crippen LogP contribution in [0.2, 0.25) is 0 Å². The first-order valence-electron chi connectivity index (χ1n) is 6.11. The van der Waals surface area contributed by atoms with Crippen LogP contribution in [-0.4, -0.2) is 42.6 Å². The van der Waals surface area contributed by atoms with Crippen LogP contribution in [0.4, 0.5) is 0 Å². The average molecular weight is 254 g/mol. The highest BCUT2D eigenvalue weighted by Crippen LogP contribution is 2.12. The quantitative estimate of drug-likeness (QED) is 0.723. The van der Waals surface area contributed by atoms with E-state index in [0.29, 0.717) is 25.6 Å². The zero-order valence-corrected chi connectivity index (χ0v) is 11.2. The van der Waals surface area contributed by atoms with Gasteiger partial charge >= 0.3 is 0 Å². The summed E-state index contributed by atoms with van der Waals surface area (Å²) in [5.41, 5.74) is 0.969. The van der Waals surface area contributed by atoms with Gasteiger partial charge in [-0.25, -0.2) is 4.98 Å². The maximum atomic E-state index is 9.67. The van der Waals surface area contributed by atoms with Crippen molar-refractivity contribution in [1.82, 2.24) is 10.3 Å². The Bertz CT molecular complexity index is 345. The van der Waals surface area contributed by atoms with Crippen LogP contribution in [0.25, 0.3) is 0 Å². The van der Waals surface area contributed by atoms with Gasteiger partial charge in [0.05, 0.1) is 25.9 Å². The molecule has 5 nitrogen and oxygen atoms in total. The molecule has 1 aromatic rings. The first kappa shape index (κ1) is 14.9. The lowest BCUT2D eigenvalue weighted by molar-refractivity contribution is 0.00628. The van der Waals surface area contributed by atoms with Crippen LogP contribution in [0.3, 0.4) is 0 Å². The Morgan fingerprint density at radius 3 is 2.89 bits per heavy atom. The fraction of sp³-hybridized carbons (Fsp3) is 0.615. The van der Waals surface area contributed by atoms with Gasteiger partial charge in [0.25, 0.3) is 0 Å². The summed E-state index contributed by atoms with van der Waals surface area (Å²) in [6, 6.07) is 3.80. The molecule has 0 saturated carbocycles. The molecule has 1 heterocycles. The number of nitrogens with one attached hydrogen (secondary N) is 1. The fourth-order valence-electron chi connectivity index (χ4n) is 1.48. The number of methoxy groups -OCH3 is 1. The van der Waals surface area contributed by atoms with Gasteiger partial charge in [-0.2, -0.15) is 0 Å². The van der Waals surface area contributed by atoms with Gasteiger partial charge in [0.1, 0.15) is 0 Å². The molecular formula is C13H22N2O3. The summed E-state index contributed by atoms with van der Waals surface area (Å²) in [4.78, 5) is 4.11. The molecule has 0 saturated heterocycles. The third-order valence-corrected chi connectivity index (χ3v) is 2.36. The summed E-state index contributed by atoms with van der Waals surface area (Å²) >= 11 is 0. The van der Waals surface area contributed by atoms with Gasteiger partial charge in [-0.05, 0) is 19.9 Å². The average Bonchev–Trinajstić information content (AvgIpc) is 2.37. The molecule has 0 aliphatic carbocycles. The SMILES string of the molecule is COc1ncccc1CNCC(O)COC(C)C. The van der Waals surface area contributed by atoms with Crippen molar-refractivity contribution in [2.24, 2.45) is 0 Å². The number of aromatic nitrogens is 1. The van der Waals surface area contributed by atoms with Crippen molar-refractivity contribution >= 4 is 0 Å². The van der Waals surface area contributed by atoms with E-state index in [9.17, 15) is 5.11 Å². The first-order valence-corrected chi connectivity index (χ1v) is 6.11. The Kier molecular flexibility index (Phi) is 6.64.